The van der Waals surface area contributed by atoms with Crippen molar-refractivity contribution in [2.75, 3.05) is 25.0 Å². The SMILES string of the molecule is CCCC(CC)CCNC(=O)c1ccnc(Nc2ccc(C(=O)NC3=NCCCN3)cc2C(F)(F)F)c1. The minimum atomic E-state index is -4.73. The third-order valence-corrected chi connectivity index (χ3v) is 6.11. The molecule has 0 saturated carbocycles. The van der Waals surface area contributed by atoms with Crippen molar-refractivity contribution < 1.29 is 22.8 Å². The highest BCUT2D eigenvalue weighted by Gasteiger charge is 2.34. The van der Waals surface area contributed by atoms with E-state index in [1.807, 2.05) is 0 Å². The van der Waals surface area contributed by atoms with Crippen molar-refractivity contribution in [3.63, 3.8) is 0 Å². The number of nitrogens with zero attached hydrogens (tertiary/aromatic N) is 2. The van der Waals surface area contributed by atoms with Crippen LogP contribution in [0.1, 0.15) is 72.2 Å². The number of rotatable bonds is 10. The second kappa shape index (κ2) is 13.1. The average Bonchev–Trinajstić information content (AvgIpc) is 2.88. The van der Waals surface area contributed by atoms with Gasteiger partial charge in [0.15, 0.2) is 5.96 Å². The summed E-state index contributed by atoms with van der Waals surface area (Å²) in [5.74, 6) is -0.168. The van der Waals surface area contributed by atoms with Crippen LogP contribution in [0.15, 0.2) is 41.5 Å². The standard InChI is InChI=1S/C26H33F3N6O2/c1-3-6-17(4-2)9-13-31-23(36)19-10-14-30-22(16-19)34-21-8-7-18(15-20(21)26(27,28)29)24(37)35-25-32-11-5-12-33-25/h7-8,10,14-17H,3-6,9,11-13H2,1-2H3,(H,30,34)(H,31,36)(H2,32,33,35,37). The Balaban J connectivity index is 1.72. The number of benzene rings is 1. The van der Waals surface area contributed by atoms with Gasteiger partial charge in [-0.2, -0.15) is 13.2 Å². The van der Waals surface area contributed by atoms with Gasteiger partial charge in [-0.15, -0.1) is 0 Å². The lowest BCUT2D eigenvalue weighted by atomic mass is 9.97. The number of guanidine groups is 1. The molecule has 1 aliphatic heterocycles. The summed E-state index contributed by atoms with van der Waals surface area (Å²) in [7, 11) is 0. The van der Waals surface area contributed by atoms with E-state index < -0.39 is 17.6 Å². The summed E-state index contributed by atoms with van der Waals surface area (Å²) in [6.45, 7) is 5.93. The summed E-state index contributed by atoms with van der Waals surface area (Å²) >= 11 is 0. The van der Waals surface area contributed by atoms with Gasteiger partial charge in [-0.05, 0) is 49.1 Å². The van der Waals surface area contributed by atoms with Gasteiger partial charge < -0.3 is 16.0 Å². The van der Waals surface area contributed by atoms with E-state index in [2.05, 4.69) is 45.1 Å². The van der Waals surface area contributed by atoms with E-state index in [1.165, 1.54) is 30.5 Å². The minimum Gasteiger partial charge on any atom is -0.356 e. The number of aliphatic imine (C=N–C) groups is 1. The maximum atomic E-state index is 13.9. The Morgan fingerprint density at radius 3 is 2.54 bits per heavy atom. The van der Waals surface area contributed by atoms with Gasteiger partial charge in [0.2, 0.25) is 0 Å². The third-order valence-electron chi connectivity index (χ3n) is 6.11. The molecule has 0 aliphatic carbocycles. The number of nitrogens with one attached hydrogen (secondary N) is 4. The monoisotopic (exact) mass is 518 g/mol. The van der Waals surface area contributed by atoms with E-state index in [4.69, 9.17) is 0 Å². The molecule has 1 aromatic heterocycles. The molecule has 1 aliphatic rings. The van der Waals surface area contributed by atoms with Crippen LogP contribution in [0.2, 0.25) is 0 Å². The van der Waals surface area contributed by atoms with Gasteiger partial charge in [0.1, 0.15) is 5.82 Å². The molecule has 8 nitrogen and oxygen atoms in total. The van der Waals surface area contributed by atoms with Gasteiger partial charge in [0.05, 0.1) is 11.3 Å². The number of anilines is 2. The fourth-order valence-corrected chi connectivity index (χ4v) is 4.06. The molecule has 11 heteroatoms. The van der Waals surface area contributed by atoms with Crippen molar-refractivity contribution >= 4 is 29.3 Å². The zero-order valence-corrected chi connectivity index (χ0v) is 21.0. The Morgan fingerprint density at radius 1 is 1.08 bits per heavy atom. The molecule has 2 amide bonds. The van der Waals surface area contributed by atoms with Gasteiger partial charge in [0.25, 0.3) is 11.8 Å². The molecule has 1 aromatic carbocycles. The van der Waals surface area contributed by atoms with Crippen molar-refractivity contribution in [3.05, 3.63) is 53.2 Å². The highest BCUT2D eigenvalue weighted by molar-refractivity contribution is 6.06. The van der Waals surface area contributed by atoms with Crippen LogP contribution in [0.25, 0.3) is 0 Å². The van der Waals surface area contributed by atoms with Gasteiger partial charge in [-0.25, -0.2) is 4.98 Å². The van der Waals surface area contributed by atoms with E-state index in [-0.39, 0.29) is 34.5 Å². The number of carbonyl (C=O) groups excluding carboxylic acids is 2. The van der Waals surface area contributed by atoms with Crippen molar-refractivity contribution in [2.24, 2.45) is 10.9 Å². The van der Waals surface area contributed by atoms with Crippen LogP contribution in [-0.2, 0) is 6.18 Å². The van der Waals surface area contributed by atoms with Crippen LogP contribution in [0, 0.1) is 5.92 Å². The topological polar surface area (TPSA) is 108 Å². The molecule has 2 heterocycles. The molecule has 3 rings (SSSR count). The van der Waals surface area contributed by atoms with E-state index in [0.29, 0.717) is 25.6 Å². The predicted molar refractivity (Wildman–Crippen MR) is 137 cm³/mol. The highest BCUT2D eigenvalue weighted by atomic mass is 19.4. The number of carbonyl (C=O) groups is 2. The number of alkyl halides is 3. The van der Waals surface area contributed by atoms with Crippen molar-refractivity contribution in [1.82, 2.24) is 20.9 Å². The number of amides is 2. The second-order valence-corrected chi connectivity index (χ2v) is 8.89. The lowest BCUT2D eigenvalue weighted by Gasteiger charge is -2.17. The fraction of sp³-hybridized carbons (Fsp3) is 0.462. The quantitative estimate of drug-likeness (QED) is 0.359. The molecule has 0 bridgehead atoms. The van der Waals surface area contributed by atoms with Crippen LogP contribution in [0.5, 0.6) is 0 Å². The Hall–Kier alpha value is -3.63. The van der Waals surface area contributed by atoms with E-state index in [1.54, 1.807) is 0 Å². The third kappa shape index (κ3) is 8.19. The molecule has 0 fully saturated rings. The van der Waals surface area contributed by atoms with Crippen molar-refractivity contribution in [2.45, 2.75) is 52.1 Å². The largest absolute Gasteiger partial charge is 0.418 e. The Kier molecular flexibility index (Phi) is 9.87. The van der Waals surface area contributed by atoms with E-state index >= 15 is 0 Å². The minimum absolute atomic E-state index is 0.0773. The molecule has 37 heavy (non-hydrogen) atoms. The Morgan fingerprint density at radius 2 is 1.86 bits per heavy atom. The first-order chi connectivity index (χ1) is 17.7. The average molecular weight is 519 g/mol. The van der Waals surface area contributed by atoms with Gasteiger partial charge >= 0.3 is 6.18 Å². The van der Waals surface area contributed by atoms with Crippen LogP contribution in [-0.4, -0.2) is 42.4 Å². The smallest absolute Gasteiger partial charge is 0.356 e. The van der Waals surface area contributed by atoms with Crippen LogP contribution in [0.3, 0.4) is 0 Å². The molecule has 0 saturated heterocycles. The summed E-state index contributed by atoms with van der Waals surface area (Å²) in [6.07, 6.45) is 1.53. The molecular weight excluding hydrogens is 485 g/mol. The van der Waals surface area contributed by atoms with Crippen LogP contribution in [0.4, 0.5) is 24.7 Å². The van der Waals surface area contributed by atoms with Gasteiger partial charge in [0, 0.05) is 37.0 Å². The summed E-state index contributed by atoms with van der Waals surface area (Å²) in [4.78, 5) is 33.2. The zero-order chi connectivity index (χ0) is 26.8. The molecule has 4 N–H and O–H groups in total. The van der Waals surface area contributed by atoms with E-state index in [9.17, 15) is 22.8 Å². The molecule has 0 spiro atoms. The summed E-state index contributed by atoms with van der Waals surface area (Å²) in [5.41, 5.74) is -1.20. The fourth-order valence-electron chi connectivity index (χ4n) is 4.06. The predicted octanol–water partition coefficient (Wildman–Crippen LogP) is 4.87. The van der Waals surface area contributed by atoms with Crippen LogP contribution >= 0.6 is 0 Å². The number of aromatic nitrogens is 1. The number of hydrogen-bond donors (Lipinski definition) is 4. The lowest BCUT2D eigenvalue weighted by molar-refractivity contribution is -0.136. The van der Waals surface area contributed by atoms with Crippen molar-refractivity contribution in [1.29, 1.82) is 0 Å². The molecule has 2 aromatic rings. The summed E-state index contributed by atoms with van der Waals surface area (Å²) in [6, 6.07) is 6.13. The van der Waals surface area contributed by atoms with E-state index in [0.717, 1.165) is 38.2 Å². The summed E-state index contributed by atoms with van der Waals surface area (Å²) < 4.78 is 41.6. The summed E-state index contributed by atoms with van der Waals surface area (Å²) in [5, 5.41) is 10.9. The second-order valence-electron chi connectivity index (χ2n) is 8.89. The maximum Gasteiger partial charge on any atom is 0.418 e. The highest BCUT2D eigenvalue weighted by Crippen LogP contribution is 2.36. The maximum absolute atomic E-state index is 13.9. The molecule has 1 unspecified atom stereocenters. The van der Waals surface area contributed by atoms with Gasteiger partial charge in [-0.1, -0.05) is 33.1 Å². The first-order valence-electron chi connectivity index (χ1n) is 12.5. The first-order valence-corrected chi connectivity index (χ1v) is 12.5. The molecular formula is C26H33F3N6O2. The lowest BCUT2D eigenvalue weighted by Crippen LogP contribution is -2.43. The van der Waals surface area contributed by atoms with Gasteiger partial charge in [-0.3, -0.25) is 19.9 Å². The Bertz CT molecular complexity index is 1120. The number of halogens is 3. The number of pyridine rings is 1. The molecule has 200 valence electrons. The Labute approximate surface area is 214 Å². The number of hydrogen-bond acceptors (Lipinski definition) is 6. The molecule has 1 atom stereocenters. The normalized spacial score (nSPS) is 14.2. The molecule has 0 radical (unpaired) electrons. The van der Waals surface area contributed by atoms with Crippen molar-refractivity contribution in [3.8, 4) is 0 Å². The first kappa shape index (κ1) is 27.9. The van der Waals surface area contributed by atoms with Crippen LogP contribution < -0.4 is 21.3 Å². The zero-order valence-electron chi connectivity index (χ0n) is 21.0.